The number of carbonyl (C=O) groups is 5. The largest absolute Gasteiger partial charge is 0.355 e. The van der Waals surface area contributed by atoms with Gasteiger partial charge >= 0.3 is 0 Å². The summed E-state index contributed by atoms with van der Waals surface area (Å²) in [6.07, 6.45) is 5.60. The summed E-state index contributed by atoms with van der Waals surface area (Å²) in [4.78, 5) is 65.0. The maximum atomic E-state index is 13.5. The van der Waals surface area contributed by atoms with Gasteiger partial charge in [0.2, 0.25) is 24.2 Å². The van der Waals surface area contributed by atoms with Crippen LogP contribution in [0.25, 0.3) is 0 Å². The third-order valence-corrected chi connectivity index (χ3v) is 7.14. The maximum absolute atomic E-state index is 13.5. The predicted molar refractivity (Wildman–Crippen MR) is 175 cm³/mol. The lowest BCUT2D eigenvalue weighted by molar-refractivity contribution is -0.904. The Balaban J connectivity index is 3.00. The van der Waals surface area contributed by atoms with Crippen LogP contribution in [0.2, 0.25) is 0 Å². The zero-order chi connectivity index (χ0) is 35.0. The highest BCUT2D eigenvalue weighted by molar-refractivity contribution is 6.02. The van der Waals surface area contributed by atoms with E-state index in [1.165, 1.54) is 24.5 Å². The minimum atomic E-state index is -1.12. The quantitative estimate of drug-likeness (QED) is 0.0515. The summed E-state index contributed by atoms with van der Waals surface area (Å²) < 4.78 is 0.792. The Morgan fingerprint density at radius 3 is 2.07 bits per heavy atom. The normalized spacial score (nSPS) is 14.1. The number of hydrogen-bond donors (Lipinski definition) is 7. The highest BCUT2D eigenvalue weighted by Gasteiger charge is 2.28. The minimum absolute atomic E-state index is 0.0259. The monoisotopic (exact) mass is 644 g/mol. The van der Waals surface area contributed by atoms with Crippen molar-refractivity contribution in [2.75, 3.05) is 13.1 Å². The number of amides is 5. The lowest BCUT2D eigenvalue weighted by Crippen LogP contribution is -2.55. The van der Waals surface area contributed by atoms with Crippen LogP contribution < -0.4 is 36.6 Å². The molecule has 0 aliphatic heterocycles. The van der Waals surface area contributed by atoms with Crippen molar-refractivity contribution in [3.63, 3.8) is 0 Å². The molecular weight excluding hydrogens is 590 g/mol. The summed E-state index contributed by atoms with van der Waals surface area (Å²) in [5, 5.41) is 26.4. The summed E-state index contributed by atoms with van der Waals surface area (Å²) in [5.41, 5.74) is 0.694. The number of carbonyl (C=O) groups excluding carboxylic acids is 5. The fourth-order valence-corrected chi connectivity index (χ4v) is 4.49. The minimum Gasteiger partial charge on any atom is -0.355 e. The second kappa shape index (κ2) is 20.0. The smallest absolute Gasteiger partial charge is 0.267 e. The van der Waals surface area contributed by atoms with Crippen LogP contribution in [0.15, 0.2) is 48.5 Å². The van der Waals surface area contributed by atoms with E-state index in [4.69, 9.17) is 0 Å². The molecule has 1 aromatic rings. The third kappa shape index (κ3) is 13.4. The van der Waals surface area contributed by atoms with Gasteiger partial charge in [-0.25, -0.2) is 0 Å². The molecule has 1 rings (SSSR count). The highest BCUT2D eigenvalue weighted by Crippen LogP contribution is 2.10. The first kappa shape index (κ1) is 39.8. The molecule has 256 valence electrons. The van der Waals surface area contributed by atoms with Gasteiger partial charge < -0.3 is 31.9 Å². The molecule has 0 aromatic carbocycles. The van der Waals surface area contributed by atoms with E-state index >= 15 is 0 Å². The van der Waals surface area contributed by atoms with Crippen LogP contribution in [0.3, 0.4) is 0 Å². The molecule has 0 bridgehead atoms. The van der Waals surface area contributed by atoms with Crippen molar-refractivity contribution in [1.29, 1.82) is 0 Å². The summed E-state index contributed by atoms with van der Waals surface area (Å²) in [5.74, 6) is -2.18. The topological polar surface area (TPSA) is 182 Å². The number of pyridine rings is 1. The Hall–Kier alpha value is -4.26. The van der Waals surface area contributed by atoms with Gasteiger partial charge in [-0.2, -0.15) is 0 Å². The van der Waals surface area contributed by atoms with Gasteiger partial charge in [-0.15, -0.1) is 0 Å². The molecule has 46 heavy (non-hydrogen) atoms. The maximum Gasteiger partial charge on any atom is 0.267 e. The van der Waals surface area contributed by atoms with Gasteiger partial charge in [0.15, 0.2) is 0 Å². The van der Waals surface area contributed by atoms with Crippen LogP contribution in [-0.4, -0.2) is 72.0 Å². The molecule has 0 saturated carbocycles. The standard InChI is InChI=1S/C33H53N7O6/c1-10-13-26(37-33(45)28(22(8)11-2)39-30(42)24-14-16-40(46)17-15-24)31(43)36-25(18-20(4)5)19-35-23(9)29(41)38-27(21(6)7)32(44)34-12-3/h13-17,20-21,23,25,27-28,35H,8,10-12,18-19H2,1-7,9H3,(H5-,34,36,37,38,39,41,42,43,44,45,46)/p+1/b26-13-/t23-,25-,27-,28-/m0/s1. The second-order valence-corrected chi connectivity index (χ2v) is 12.0. The summed E-state index contributed by atoms with van der Waals surface area (Å²) in [7, 11) is 0. The van der Waals surface area contributed by atoms with Crippen LogP contribution in [0.4, 0.5) is 0 Å². The number of nitrogens with zero attached hydrogens (tertiary/aromatic N) is 1. The van der Waals surface area contributed by atoms with E-state index in [0.717, 1.165) is 4.73 Å². The Morgan fingerprint density at radius 1 is 0.913 bits per heavy atom. The summed E-state index contributed by atoms with van der Waals surface area (Å²) >= 11 is 0. The van der Waals surface area contributed by atoms with E-state index in [-0.39, 0.29) is 41.5 Å². The molecule has 7 N–H and O–H groups in total. The van der Waals surface area contributed by atoms with Crippen molar-refractivity contribution >= 4 is 29.5 Å². The highest BCUT2D eigenvalue weighted by atomic mass is 16.5. The van der Waals surface area contributed by atoms with Crippen molar-refractivity contribution in [3.8, 4) is 0 Å². The molecule has 5 amide bonds. The molecule has 0 aliphatic carbocycles. The Labute approximate surface area is 273 Å². The first-order chi connectivity index (χ1) is 21.6. The van der Waals surface area contributed by atoms with Crippen LogP contribution >= 0.6 is 0 Å². The lowest BCUT2D eigenvalue weighted by Gasteiger charge is -2.26. The van der Waals surface area contributed by atoms with Gasteiger partial charge in [0.05, 0.1) is 11.6 Å². The molecule has 0 radical (unpaired) electrons. The molecule has 13 nitrogen and oxygen atoms in total. The van der Waals surface area contributed by atoms with Gasteiger partial charge in [-0.1, -0.05) is 54.2 Å². The van der Waals surface area contributed by atoms with E-state index in [9.17, 15) is 29.2 Å². The second-order valence-electron chi connectivity index (χ2n) is 12.0. The summed E-state index contributed by atoms with van der Waals surface area (Å²) in [6, 6.07) is -0.0384. The fourth-order valence-electron chi connectivity index (χ4n) is 4.49. The fraction of sp³-hybridized carbons (Fsp3) is 0.576. The van der Waals surface area contributed by atoms with E-state index in [2.05, 4.69) is 38.5 Å². The van der Waals surface area contributed by atoms with Gasteiger partial charge in [0, 0.05) is 36.0 Å². The molecule has 1 heterocycles. The van der Waals surface area contributed by atoms with Gasteiger partial charge in [0.1, 0.15) is 17.8 Å². The zero-order valence-corrected chi connectivity index (χ0v) is 28.5. The van der Waals surface area contributed by atoms with Crippen molar-refractivity contribution in [2.24, 2.45) is 11.8 Å². The first-order valence-electron chi connectivity index (χ1n) is 16.0. The van der Waals surface area contributed by atoms with Crippen molar-refractivity contribution in [1.82, 2.24) is 31.9 Å². The van der Waals surface area contributed by atoms with Gasteiger partial charge in [0.25, 0.3) is 17.7 Å². The average Bonchev–Trinajstić information content (AvgIpc) is 3.00. The number of aromatic nitrogens is 1. The number of rotatable bonds is 19. The number of nitrogens with one attached hydrogen (secondary N) is 6. The van der Waals surface area contributed by atoms with Crippen LogP contribution in [-0.2, 0) is 19.2 Å². The third-order valence-electron chi connectivity index (χ3n) is 7.14. The number of hydrogen-bond acceptors (Lipinski definition) is 7. The number of allylic oxidation sites excluding steroid dienone is 1. The molecule has 0 unspecified atom stereocenters. The Bertz CT molecular complexity index is 1230. The summed E-state index contributed by atoms with van der Waals surface area (Å²) in [6.45, 7) is 19.5. The SMILES string of the molecule is C=C(CC)[C@H](NC(=O)c1cc[n+](O)cc1)C(=O)N/C(=C\CC)C(=O)N[C@H](CN[C@@H](C)C(=O)N[C@H](C(=O)NCC)C(C)C)CC(C)C. The molecular formula is C33H54N7O6+. The molecule has 1 aromatic heterocycles. The average molecular weight is 645 g/mol. The molecule has 4 atom stereocenters. The molecule has 0 aliphatic rings. The molecule has 13 heteroatoms. The van der Waals surface area contributed by atoms with Gasteiger partial charge in [-0.05, 0) is 50.5 Å². The van der Waals surface area contributed by atoms with Gasteiger partial charge in [-0.3, -0.25) is 29.2 Å². The zero-order valence-electron chi connectivity index (χ0n) is 28.5. The van der Waals surface area contributed by atoms with E-state index < -0.39 is 41.9 Å². The van der Waals surface area contributed by atoms with Crippen LogP contribution in [0, 0.1) is 11.8 Å². The lowest BCUT2D eigenvalue weighted by atomic mass is 10.0. The van der Waals surface area contributed by atoms with E-state index in [1.54, 1.807) is 19.9 Å². The van der Waals surface area contributed by atoms with Crippen LogP contribution in [0.1, 0.15) is 85.0 Å². The number of likely N-dealkylation sites (N-methyl/N-ethyl adjacent to an activating group) is 1. The van der Waals surface area contributed by atoms with Crippen molar-refractivity contribution in [2.45, 2.75) is 98.8 Å². The molecule has 0 fully saturated rings. The Morgan fingerprint density at radius 2 is 1.54 bits per heavy atom. The van der Waals surface area contributed by atoms with E-state index in [0.29, 0.717) is 31.4 Å². The Kier molecular flexibility index (Phi) is 17.3. The predicted octanol–water partition coefficient (Wildman–Crippen LogP) is 1.47. The van der Waals surface area contributed by atoms with Crippen LogP contribution in [0.5, 0.6) is 0 Å². The molecule has 0 spiro atoms. The molecule has 0 saturated heterocycles. The van der Waals surface area contributed by atoms with Crippen molar-refractivity contribution in [3.05, 3.63) is 54.0 Å². The van der Waals surface area contributed by atoms with Crippen molar-refractivity contribution < 1.29 is 33.9 Å². The first-order valence-corrected chi connectivity index (χ1v) is 16.0. The van der Waals surface area contributed by atoms with E-state index in [1.807, 2.05) is 41.5 Å².